The number of ether oxygens (including phenoxy) is 1. The number of benzene rings is 1. The van der Waals surface area contributed by atoms with Crippen molar-refractivity contribution in [3.05, 3.63) is 71.9 Å². The van der Waals surface area contributed by atoms with Crippen LogP contribution < -0.4 is 35.0 Å². The summed E-state index contributed by atoms with van der Waals surface area (Å²) < 4.78 is 11.5. The highest BCUT2D eigenvalue weighted by Gasteiger charge is 2.57. The Kier molecular flexibility index (Phi) is 10.8. The van der Waals surface area contributed by atoms with E-state index in [0.29, 0.717) is 68.1 Å². The molecule has 2 N–H and O–H groups in total. The third-order valence-corrected chi connectivity index (χ3v) is 13.1. The van der Waals surface area contributed by atoms with E-state index in [2.05, 4.69) is 42.3 Å². The number of rotatable bonds is 11. The number of allylic oxidation sites excluding steroid dienone is 1. The van der Waals surface area contributed by atoms with Crippen LogP contribution in [0.15, 0.2) is 58.3 Å². The lowest BCUT2D eigenvalue weighted by Crippen LogP contribution is -2.50. The molecule has 0 spiro atoms. The fraction of sp³-hybridized carbons (Fsp3) is 0.426. The van der Waals surface area contributed by atoms with Gasteiger partial charge in [-0.05, 0) is 87.6 Å². The zero-order valence-corrected chi connectivity index (χ0v) is 38.1. The third-order valence-electron chi connectivity index (χ3n) is 13.1. The van der Waals surface area contributed by atoms with Crippen LogP contribution >= 0.6 is 0 Å². The highest BCUT2D eigenvalue weighted by molar-refractivity contribution is 6.07. The summed E-state index contributed by atoms with van der Waals surface area (Å²) in [5, 5.41) is 6.79. The van der Waals surface area contributed by atoms with Crippen molar-refractivity contribution in [3.63, 3.8) is 0 Å². The average molecular weight is 866 g/mol. The summed E-state index contributed by atoms with van der Waals surface area (Å²) in [7, 11) is 5.26. The molecule has 332 valence electrons. The van der Waals surface area contributed by atoms with Gasteiger partial charge < -0.3 is 39.4 Å². The molecule has 2 amide bonds. The summed E-state index contributed by atoms with van der Waals surface area (Å²) in [5.41, 5.74) is 7.70. The lowest BCUT2D eigenvalue weighted by atomic mass is 9.74. The smallest absolute Gasteiger partial charge is 0.249 e. The molecule has 4 aliphatic heterocycles. The zero-order valence-electron chi connectivity index (χ0n) is 38.1. The van der Waals surface area contributed by atoms with Crippen LogP contribution in [-0.2, 0) is 22.4 Å². The quantitative estimate of drug-likeness (QED) is 0.124. The number of amides is 2. The van der Waals surface area contributed by atoms with Gasteiger partial charge in [0.15, 0.2) is 23.3 Å². The first-order valence-corrected chi connectivity index (χ1v) is 21.9. The molecule has 4 atom stereocenters. The summed E-state index contributed by atoms with van der Waals surface area (Å²) in [5.74, 6) is 4.22. The number of aryl methyl sites for hydroxylation is 3. The number of carbonyl (C=O) groups is 2. The normalized spacial score (nSPS) is 21.4. The lowest BCUT2D eigenvalue weighted by molar-refractivity contribution is -0.120. The minimum atomic E-state index is -0.412. The molecule has 5 aromatic rings. The molecule has 4 aromatic heterocycles. The van der Waals surface area contributed by atoms with E-state index in [1.807, 2.05) is 85.2 Å². The summed E-state index contributed by atoms with van der Waals surface area (Å²) in [6, 6.07) is 8.80. The second kappa shape index (κ2) is 16.3. The fourth-order valence-electron chi connectivity index (χ4n) is 9.71. The van der Waals surface area contributed by atoms with Gasteiger partial charge in [-0.1, -0.05) is 20.8 Å². The number of nitrogens with one attached hydrogen (secondary N) is 2. The molecule has 0 bridgehead atoms. The first-order chi connectivity index (χ1) is 30.7. The predicted octanol–water partition coefficient (Wildman–Crippen LogP) is 7.52. The fourth-order valence-corrected chi connectivity index (χ4v) is 9.71. The van der Waals surface area contributed by atoms with Crippen molar-refractivity contribution in [2.45, 2.75) is 86.2 Å². The predicted molar refractivity (Wildman–Crippen MR) is 249 cm³/mol. The molecule has 17 nitrogen and oxygen atoms in total. The molecule has 0 saturated carbocycles. The molecule has 0 aliphatic carbocycles. The van der Waals surface area contributed by atoms with E-state index in [-0.39, 0.29) is 23.1 Å². The van der Waals surface area contributed by atoms with Gasteiger partial charge in [0.05, 0.1) is 47.8 Å². The number of carbonyl (C=O) groups excluding carboxylic acids is 2. The van der Waals surface area contributed by atoms with E-state index < -0.39 is 12.1 Å². The minimum absolute atomic E-state index is 0.0202. The summed E-state index contributed by atoms with van der Waals surface area (Å²) in [6.45, 7) is 15.2. The maximum Gasteiger partial charge on any atom is 0.249 e. The van der Waals surface area contributed by atoms with Crippen molar-refractivity contribution in [3.8, 4) is 17.1 Å². The Labute approximate surface area is 373 Å². The molecule has 2 fully saturated rings. The lowest BCUT2D eigenvalue weighted by Gasteiger charge is -2.38. The van der Waals surface area contributed by atoms with E-state index >= 15 is 0 Å². The number of pyridine rings is 1. The Morgan fingerprint density at radius 1 is 0.875 bits per heavy atom. The number of likely N-dealkylation sites (N-methyl/N-ethyl adjacent to an activating group) is 2. The first kappa shape index (κ1) is 42.4. The van der Waals surface area contributed by atoms with Crippen molar-refractivity contribution in [2.75, 3.05) is 64.5 Å². The maximum atomic E-state index is 14.3. The molecular weight excluding hydrogens is 811 g/mol. The van der Waals surface area contributed by atoms with Crippen molar-refractivity contribution in [1.82, 2.24) is 29.9 Å². The van der Waals surface area contributed by atoms with Crippen LogP contribution in [0, 0.1) is 18.3 Å². The number of oxazole rings is 1. The van der Waals surface area contributed by atoms with Gasteiger partial charge in [-0.2, -0.15) is 9.97 Å². The zero-order chi connectivity index (χ0) is 45.2. The molecule has 17 heteroatoms. The van der Waals surface area contributed by atoms with Crippen molar-refractivity contribution in [2.24, 2.45) is 16.3 Å². The molecule has 9 rings (SSSR count). The Morgan fingerprint density at radius 2 is 1.52 bits per heavy atom. The van der Waals surface area contributed by atoms with Crippen LogP contribution in [0.25, 0.3) is 16.9 Å². The number of hydrogen-bond donors (Lipinski definition) is 2. The third kappa shape index (κ3) is 7.35. The minimum Gasteiger partial charge on any atom is -0.496 e. The van der Waals surface area contributed by atoms with E-state index in [1.165, 1.54) is 0 Å². The maximum absolute atomic E-state index is 14.3. The van der Waals surface area contributed by atoms with Gasteiger partial charge in [0.1, 0.15) is 29.2 Å². The van der Waals surface area contributed by atoms with E-state index in [9.17, 15) is 9.59 Å². The number of hydrogen-bond acceptors (Lipinski definition) is 15. The van der Waals surface area contributed by atoms with Crippen LogP contribution in [0.3, 0.4) is 0 Å². The largest absolute Gasteiger partial charge is 0.496 e. The number of methoxy groups -OCH3 is 1. The monoisotopic (exact) mass is 865 g/mol. The topological polar surface area (TPSA) is 183 Å². The molecule has 4 unspecified atom stereocenters. The average Bonchev–Trinajstić information content (AvgIpc) is 4.04. The first-order valence-electron chi connectivity index (χ1n) is 21.9. The van der Waals surface area contributed by atoms with Gasteiger partial charge in [-0.15, -0.1) is 0 Å². The standard InChI is InChI=1S/C47H55N13O4/c1-11-32-39-41(55-45(53-32)51-29-13-15-31(37(18-29)63-10)38-22-49-27(6)64-38)59-23-28(17-35(59)43(61)57(39)8)47(7)19-36-44(62)58(9)40-33(12-2)54-46(56-42(40)60(36)24-47)52-30-14-16-34(50-21-30)26(5)20-48-25(3)4/h13-16,18,20-22,28,35-36H,11-12,17,19,23-24H2,1-10H3,(H,51,53,55)(H,52,54,56)/b26-20+. The van der Waals surface area contributed by atoms with Crippen molar-refractivity contribution < 1.29 is 18.7 Å². The van der Waals surface area contributed by atoms with Gasteiger partial charge in [-0.3, -0.25) is 19.6 Å². The van der Waals surface area contributed by atoms with Gasteiger partial charge in [0.2, 0.25) is 23.7 Å². The van der Waals surface area contributed by atoms with Gasteiger partial charge in [0.25, 0.3) is 0 Å². The Morgan fingerprint density at radius 3 is 2.11 bits per heavy atom. The van der Waals surface area contributed by atoms with E-state index in [1.54, 1.807) is 36.2 Å². The highest BCUT2D eigenvalue weighted by atomic mass is 16.5. The molecule has 0 radical (unpaired) electrons. The van der Waals surface area contributed by atoms with Gasteiger partial charge in [0, 0.05) is 57.8 Å². The van der Waals surface area contributed by atoms with Gasteiger partial charge >= 0.3 is 0 Å². The second-order valence-corrected chi connectivity index (χ2v) is 17.7. The summed E-state index contributed by atoms with van der Waals surface area (Å²) >= 11 is 0. The summed E-state index contributed by atoms with van der Waals surface area (Å²) in [4.78, 5) is 69.7. The van der Waals surface area contributed by atoms with Crippen LogP contribution in [-0.4, -0.2) is 93.8 Å². The van der Waals surface area contributed by atoms with Crippen LogP contribution in [0.1, 0.15) is 77.4 Å². The number of anilines is 8. The second-order valence-electron chi connectivity index (χ2n) is 17.7. The van der Waals surface area contributed by atoms with Crippen molar-refractivity contribution >= 4 is 69.4 Å². The van der Waals surface area contributed by atoms with Crippen LogP contribution in [0.4, 0.5) is 46.3 Å². The SMILES string of the molecule is CCc1nc(Nc2ccc(-c3cnc(C)o3)c(OC)c2)nc2c1N(C)C(=O)C1CC(C3(C)CC4C(=O)N(C)c5c(CC)nc(Nc6ccc(/C(C)=C/N=C(C)C)nc6)nc5N4C3)CN21. The molecular formula is C47H55N13O4. The highest BCUT2D eigenvalue weighted by Crippen LogP contribution is 2.53. The molecule has 8 heterocycles. The molecule has 1 aromatic carbocycles. The Balaban J connectivity index is 0.992. The number of aliphatic imine (C=N–C) groups is 1. The Hall–Kier alpha value is -6.91. The summed E-state index contributed by atoms with van der Waals surface area (Å²) in [6.07, 6.45) is 7.73. The van der Waals surface area contributed by atoms with Gasteiger partial charge in [-0.25, -0.2) is 15.0 Å². The molecule has 2 saturated heterocycles. The number of nitrogens with zero attached hydrogens (tertiary/aromatic N) is 11. The van der Waals surface area contributed by atoms with Crippen LogP contribution in [0.5, 0.6) is 5.75 Å². The van der Waals surface area contributed by atoms with Crippen LogP contribution in [0.2, 0.25) is 0 Å². The molecule has 4 aliphatic rings. The molecule has 64 heavy (non-hydrogen) atoms. The number of aromatic nitrogens is 6. The van der Waals surface area contributed by atoms with Crippen molar-refractivity contribution in [1.29, 1.82) is 0 Å². The van der Waals surface area contributed by atoms with E-state index in [0.717, 1.165) is 68.3 Å². The Bertz CT molecular complexity index is 2730. The number of fused-ring (bicyclic) bond motifs is 6. The van der Waals surface area contributed by atoms with E-state index in [4.69, 9.17) is 29.1 Å².